The van der Waals surface area contributed by atoms with Crippen molar-refractivity contribution in [3.05, 3.63) is 101 Å². The average molecular weight is 923 g/mol. The topological polar surface area (TPSA) is 193 Å². The lowest BCUT2D eigenvalue weighted by Gasteiger charge is -2.32. The summed E-state index contributed by atoms with van der Waals surface area (Å²) in [5.41, 5.74) is 8.36. The van der Waals surface area contributed by atoms with Crippen LogP contribution in [0.2, 0.25) is 0 Å². The summed E-state index contributed by atoms with van der Waals surface area (Å²) in [7, 11) is 4.26. The molecule has 0 radical (unpaired) electrons. The fraction of sp³-hybridized carbons (Fsp3) is 0.423. The Morgan fingerprint density at radius 1 is 0.824 bits per heavy atom. The summed E-state index contributed by atoms with van der Waals surface area (Å²) in [4.78, 5) is 74.8. The lowest BCUT2D eigenvalue weighted by Crippen LogP contribution is -2.52. The molecule has 1 aliphatic carbocycles. The number of likely N-dealkylation sites (tertiary alicyclic amines) is 2. The molecule has 5 heterocycles. The second kappa shape index (κ2) is 18.3. The predicted octanol–water partition coefficient (Wildman–Crippen LogP) is 8.61. The second-order valence-corrected chi connectivity index (χ2v) is 19.1. The molecule has 10 rings (SSSR count). The van der Waals surface area contributed by atoms with Gasteiger partial charge in [0.25, 0.3) is 5.91 Å². The number of rotatable bonds is 12. The fourth-order valence-corrected chi connectivity index (χ4v) is 10.6. The highest BCUT2D eigenvalue weighted by molar-refractivity contribution is 6.07. The predicted molar refractivity (Wildman–Crippen MR) is 255 cm³/mol. The molecule has 16 nitrogen and oxygen atoms in total. The van der Waals surface area contributed by atoms with Crippen LogP contribution in [-0.4, -0.2) is 100 Å². The summed E-state index contributed by atoms with van der Waals surface area (Å²) in [6.07, 6.45) is 2.99. The molecule has 4 aliphatic rings. The molecule has 2 saturated heterocycles. The van der Waals surface area contributed by atoms with E-state index in [1.807, 2.05) is 67.0 Å². The molecule has 3 fully saturated rings. The molecule has 16 heteroatoms. The first-order valence-electron chi connectivity index (χ1n) is 23.6. The Balaban J connectivity index is 0.946. The number of carbonyl (C=O) groups is 4. The van der Waals surface area contributed by atoms with E-state index in [1.165, 1.54) is 14.2 Å². The van der Waals surface area contributed by atoms with E-state index >= 15 is 0 Å². The molecule has 68 heavy (non-hydrogen) atoms. The maximum absolute atomic E-state index is 14.5. The Morgan fingerprint density at radius 2 is 1.59 bits per heavy atom. The zero-order valence-corrected chi connectivity index (χ0v) is 39.3. The van der Waals surface area contributed by atoms with E-state index < -0.39 is 24.3 Å². The van der Waals surface area contributed by atoms with Crippen LogP contribution in [0.15, 0.2) is 72.8 Å². The van der Waals surface area contributed by atoms with Crippen molar-refractivity contribution in [1.82, 2.24) is 40.4 Å². The van der Waals surface area contributed by atoms with Crippen LogP contribution >= 0.6 is 0 Å². The van der Waals surface area contributed by atoms with E-state index in [2.05, 4.69) is 57.0 Å². The third-order valence-electron chi connectivity index (χ3n) is 14.2. The third kappa shape index (κ3) is 8.28. The number of benzene rings is 4. The van der Waals surface area contributed by atoms with E-state index in [4.69, 9.17) is 28.9 Å². The number of amides is 4. The van der Waals surface area contributed by atoms with Gasteiger partial charge in [-0.15, -0.1) is 0 Å². The Labute approximate surface area is 394 Å². The van der Waals surface area contributed by atoms with Crippen LogP contribution in [0.25, 0.3) is 44.2 Å². The third-order valence-corrected chi connectivity index (χ3v) is 14.2. The van der Waals surface area contributed by atoms with Crippen LogP contribution in [0.1, 0.15) is 105 Å². The SMILES string of the molecule is COC[C@H]1C[C@@H](c2nc(-c3ccc4c(c3)COc3cc5c(ccc6[nH]c([C@@H]7CC[C@H](C)N7C(=O)[C@@H](NC(=O)OC)C(C)C)nc65)cc3-4)c(C3CC3)[nH]2)N(C(=O)[C@H](NC(=O)OC)c2ccccc2)C1. The van der Waals surface area contributed by atoms with Crippen LogP contribution < -0.4 is 15.4 Å². The van der Waals surface area contributed by atoms with Crippen molar-refractivity contribution in [2.24, 2.45) is 11.8 Å². The van der Waals surface area contributed by atoms with Gasteiger partial charge in [0.1, 0.15) is 36.1 Å². The highest BCUT2D eigenvalue weighted by atomic mass is 16.5. The number of alkyl carbamates (subject to hydrolysis) is 2. The van der Waals surface area contributed by atoms with Gasteiger partial charge in [-0.3, -0.25) is 9.59 Å². The van der Waals surface area contributed by atoms with E-state index in [1.54, 1.807) is 7.11 Å². The molecule has 0 spiro atoms. The molecule has 6 aromatic rings. The zero-order valence-electron chi connectivity index (χ0n) is 39.3. The van der Waals surface area contributed by atoms with Gasteiger partial charge in [0.15, 0.2) is 0 Å². The summed E-state index contributed by atoms with van der Waals surface area (Å²) in [5.74, 6) is 2.07. The monoisotopic (exact) mass is 922 g/mol. The Morgan fingerprint density at radius 3 is 2.32 bits per heavy atom. The number of fused-ring (bicyclic) bond motifs is 6. The van der Waals surface area contributed by atoms with E-state index in [0.717, 1.165) is 92.7 Å². The summed E-state index contributed by atoms with van der Waals surface area (Å²) >= 11 is 0. The van der Waals surface area contributed by atoms with Gasteiger partial charge in [0.05, 0.1) is 49.6 Å². The van der Waals surface area contributed by atoms with Gasteiger partial charge in [-0.25, -0.2) is 19.6 Å². The molecule has 354 valence electrons. The Hall–Kier alpha value is -6.94. The van der Waals surface area contributed by atoms with Crippen molar-refractivity contribution in [2.45, 2.75) is 95.6 Å². The standard InChI is InChI=1S/C52H58N8O8/c1-27(2)42(57-51(63)66-5)50(62)60-28(3)12-19-39(60)47-53-38-18-16-32-22-37-35-17-15-33(21-34(35)26-68-41(37)23-36(32)46(38)56-47)44-43(31-13-14-31)54-48(55-44)40-20-29(25-65-4)24-59(40)49(61)45(58-52(64)67-6)30-10-8-7-9-11-30/h7-11,15-18,21-23,27-29,31,39-40,42,45H,12-14,19-20,24-26H2,1-6H3,(H,53,56)(H,54,55)(H,57,63)(H,58,64)/t28-,29-,39-,40-,42-,45+/m0/s1. The van der Waals surface area contributed by atoms with Crippen LogP contribution in [0.3, 0.4) is 0 Å². The summed E-state index contributed by atoms with van der Waals surface area (Å²) in [6.45, 7) is 7.16. The van der Waals surface area contributed by atoms with Gasteiger partial charge in [0.2, 0.25) is 5.91 Å². The zero-order chi connectivity index (χ0) is 47.4. The van der Waals surface area contributed by atoms with Gasteiger partial charge >= 0.3 is 12.2 Å². The van der Waals surface area contributed by atoms with Crippen LogP contribution in [0, 0.1) is 11.8 Å². The van der Waals surface area contributed by atoms with Crippen LogP contribution in [-0.2, 0) is 30.4 Å². The molecule has 2 aromatic heterocycles. The van der Waals surface area contributed by atoms with Gasteiger partial charge in [-0.1, -0.05) is 62.4 Å². The quantitative estimate of drug-likeness (QED) is 0.0924. The molecule has 1 saturated carbocycles. The van der Waals surface area contributed by atoms with Gasteiger partial charge in [-0.2, -0.15) is 0 Å². The molecular weight excluding hydrogens is 865 g/mol. The number of hydrogen-bond donors (Lipinski definition) is 4. The number of hydrogen-bond acceptors (Lipinski definition) is 10. The fourth-order valence-electron chi connectivity index (χ4n) is 10.6. The van der Waals surface area contributed by atoms with Crippen molar-refractivity contribution in [2.75, 3.05) is 34.5 Å². The minimum absolute atomic E-state index is 0.0341. The average Bonchev–Trinajstić information content (AvgIpc) is 3.63. The first-order chi connectivity index (χ1) is 32.9. The van der Waals surface area contributed by atoms with Gasteiger partial charge < -0.3 is 49.3 Å². The number of imidazole rings is 2. The lowest BCUT2D eigenvalue weighted by atomic mass is 9.92. The van der Waals surface area contributed by atoms with Gasteiger partial charge in [0, 0.05) is 53.7 Å². The first-order valence-corrected chi connectivity index (χ1v) is 23.6. The van der Waals surface area contributed by atoms with E-state index in [9.17, 15) is 19.2 Å². The summed E-state index contributed by atoms with van der Waals surface area (Å²) in [6, 6.07) is 21.7. The minimum atomic E-state index is -0.945. The van der Waals surface area contributed by atoms with E-state index in [0.29, 0.717) is 43.5 Å². The summed E-state index contributed by atoms with van der Waals surface area (Å²) < 4.78 is 21.9. The maximum atomic E-state index is 14.5. The molecule has 4 amide bonds. The van der Waals surface area contributed by atoms with Gasteiger partial charge in [-0.05, 0) is 91.3 Å². The van der Waals surface area contributed by atoms with Crippen molar-refractivity contribution >= 4 is 45.8 Å². The first kappa shape index (κ1) is 44.9. The number of nitrogens with one attached hydrogen (secondary N) is 4. The lowest BCUT2D eigenvalue weighted by molar-refractivity contribution is -0.137. The molecule has 4 aromatic carbocycles. The number of methoxy groups -OCH3 is 3. The van der Waals surface area contributed by atoms with Crippen molar-refractivity contribution < 1.29 is 38.1 Å². The van der Waals surface area contributed by atoms with Crippen molar-refractivity contribution in [3.8, 4) is 28.1 Å². The van der Waals surface area contributed by atoms with Crippen molar-refractivity contribution in [3.63, 3.8) is 0 Å². The summed E-state index contributed by atoms with van der Waals surface area (Å²) in [5, 5.41) is 7.48. The molecular formula is C52H58N8O8. The largest absolute Gasteiger partial charge is 0.488 e. The number of nitrogens with zero attached hydrogens (tertiary/aromatic N) is 4. The molecule has 6 atom stereocenters. The molecule has 4 N–H and O–H groups in total. The highest BCUT2D eigenvalue weighted by Gasteiger charge is 2.44. The maximum Gasteiger partial charge on any atom is 0.407 e. The number of aromatic nitrogens is 4. The molecule has 0 bridgehead atoms. The molecule has 0 unspecified atom stereocenters. The molecule has 3 aliphatic heterocycles. The Bertz CT molecular complexity index is 2910. The highest BCUT2D eigenvalue weighted by Crippen LogP contribution is 2.48. The van der Waals surface area contributed by atoms with Crippen molar-refractivity contribution in [1.29, 1.82) is 0 Å². The van der Waals surface area contributed by atoms with E-state index in [-0.39, 0.29) is 41.8 Å². The number of aromatic amines is 2. The normalized spacial score (nSPS) is 20.8. The minimum Gasteiger partial charge on any atom is -0.488 e. The second-order valence-electron chi connectivity index (χ2n) is 19.1. The Kier molecular flexibility index (Phi) is 12.1. The smallest absolute Gasteiger partial charge is 0.407 e. The number of H-pyrrole nitrogens is 2. The number of ether oxygens (including phenoxy) is 4. The van der Waals surface area contributed by atoms with Crippen LogP contribution in [0.5, 0.6) is 5.75 Å². The number of carbonyl (C=O) groups excluding carboxylic acids is 4. The van der Waals surface area contributed by atoms with Crippen LogP contribution in [0.4, 0.5) is 9.59 Å².